The van der Waals surface area contributed by atoms with E-state index in [1.165, 1.54) is 11.3 Å². The van der Waals surface area contributed by atoms with Crippen molar-refractivity contribution in [3.05, 3.63) is 82.9 Å². The minimum absolute atomic E-state index is 0.0282. The van der Waals surface area contributed by atoms with Gasteiger partial charge in [0, 0.05) is 17.0 Å². The molecule has 0 saturated carbocycles. The van der Waals surface area contributed by atoms with Gasteiger partial charge < -0.3 is 5.32 Å². The van der Waals surface area contributed by atoms with Crippen LogP contribution in [-0.2, 0) is 4.79 Å². The monoisotopic (exact) mass is 350 g/mol. The van der Waals surface area contributed by atoms with Crippen LogP contribution in [0.4, 0.5) is 5.13 Å². The van der Waals surface area contributed by atoms with E-state index in [9.17, 15) is 4.79 Å². The Morgan fingerprint density at radius 1 is 1.00 bits per heavy atom. The number of rotatable bonds is 5. The van der Waals surface area contributed by atoms with Gasteiger partial charge in [0.1, 0.15) is 0 Å². The lowest BCUT2D eigenvalue weighted by molar-refractivity contribution is -0.124. The molecule has 0 spiro atoms. The number of aryl methyl sites for hydroxylation is 1. The van der Waals surface area contributed by atoms with Crippen LogP contribution in [0.15, 0.2) is 66.9 Å². The summed E-state index contributed by atoms with van der Waals surface area (Å²) in [7, 11) is 0. The van der Waals surface area contributed by atoms with Crippen LogP contribution in [0.25, 0.3) is 0 Å². The normalized spacial score (nSPS) is 11.5. The van der Waals surface area contributed by atoms with Crippen molar-refractivity contribution < 1.29 is 4.79 Å². The third-order valence-corrected chi connectivity index (χ3v) is 5.24. The lowest BCUT2D eigenvalue weighted by Crippen LogP contribution is -2.37. The van der Waals surface area contributed by atoms with Gasteiger partial charge in [0.25, 0.3) is 0 Å². The first-order valence-corrected chi connectivity index (χ1v) is 9.14. The van der Waals surface area contributed by atoms with E-state index in [1.54, 1.807) is 6.20 Å². The first kappa shape index (κ1) is 17.4. The summed E-state index contributed by atoms with van der Waals surface area (Å²) in [5.41, 5.74) is 1.62. The van der Waals surface area contributed by atoms with Gasteiger partial charge in [0.15, 0.2) is 5.13 Å². The van der Waals surface area contributed by atoms with E-state index in [2.05, 4.69) is 34.6 Å². The van der Waals surface area contributed by atoms with E-state index in [0.29, 0.717) is 5.13 Å². The average Bonchev–Trinajstić information content (AvgIpc) is 3.01. The van der Waals surface area contributed by atoms with E-state index in [4.69, 9.17) is 0 Å². The fraction of sp³-hybridized carbons (Fsp3) is 0.238. The number of hydrogen-bond acceptors (Lipinski definition) is 3. The number of nitrogens with one attached hydrogen (secondary N) is 1. The van der Waals surface area contributed by atoms with Gasteiger partial charge in [-0.25, -0.2) is 4.98 Å². The molecule has 0 aliphatic heterocycles. The molecule has 3 rings (SSSR count). The summed E-state index contributed by atoms with van der Waals surface area (Å²) < 4.78 is 0. The van der Waals surface area contributed by atoms with Crippen LogP contribution in [0.5, 0.6) is 0 Å². The molecule has 1 N–H and O–H groups in total. The predicted octanol–water partition coefficient (Wildman–Crippen LogP) is 5.25. The highest BCUT2D eigenvalue weighted by molar-refractivity contribution is 7.15. The van der Waals surface area contributed by atoms with Gasteiger partial charge in [-0.2, -0.15) is 0 Å². The molecule has 1 heterocycles. The Morgan fingerprint density at radius 3 is 1.96 bits per heavy atom. The predicted molar refractivity (Wildman–Crippen MR) is 104 cm³/mol. The van der Waals surface area contributed by atoms with Crippen molar-refractivity contribution in [1.29, 1.82) is 0 Å². The summed E-state index contributed by atoms with van der Waals surface area (Å²) >= 11 is 1.49. The third-order valence-electron chi connectivity index (χ3n) is 4.41. The van der Waals surface area contributed by atoms with Gasteiger partial charge in [-0.15, -0.1) is 11.3 Å². The molecule has 1 aromatic heterocycles. The molecule has 2 aromatic carbocycles. The highest BCUT2D eigenvalue weighted by Crippen LogP contribution is 2.41. The standard InChI is InChI=1S/C21H22N2OS/c1-15-14-22-20(25-15)23-19(24)21(2,3)18(16-10-6-4-7-11-16)17-12-8-5-9-13-17/h4-14,18H,1-3H3,(H,22,23,24). The number of nitrogens with zero attached hydrogens (tertiary/aromatic N) is 1. The van der Waals surface area contributed by atoms with Crippen molar-refractivity contribution in [3.63, 3.8) is 0 Å². The van der Waals surface area contributed by atoms with Gasteiger partial charge in [-0.05, 0) is 18.1 Å². The Morgan fingerprint density at radius 2 is 1.52 bits per heavy atom. The van der Waals surface area contributed by atoms with E-state index in [0.717, 1.165) is 16.0 Å². The van der Waals surface area contributed by atoms with Gasteiger partial charge >= 0.3 is 0 Å². The molecule has 0 unspecified atom stereocenters. The Kier molecular flexibility index (Phi) is 5.00. The van der Waals surface area contributed by atoms with Crippen molar-refractivity contribution in [1.82, 2.24) is 4.98 Å². The van der Waals surface area contributed by atoms with Crippen molar-refractivity contribution in [3.8, 4) is 0 Å². The first-order valence-electron chi connectivity index (χ1n) is 8.32. The molecule has 0 aliphatic rings. The fourth-order valence-corrected chi connectivity index (χ4v) is 3.78. The van der Waals surface area contributed by atoms with Crippen LogP contribution < -0.4 is 5.32 Å². The number of carbonyl (C=O) groups is 1. The van der Waals surface area contributed by atoms with E-state index in [-0.39, 0.29) is 11.8 Å². The molecule has 0 saturated heterocycles. The lowest BCUT2D eigenvalue weighted by Gasteiger charge is -2.33. The SMILES string of the molecule is Cc1cnc(NC(=O)C(C)(C)C(c2ccccc2)c2ccccc2)s1. The third kappa shape index (κ3) is 3.80. The zero-order chi connectivity index (χ0) is 17.9. The number of hydrogen-bond donors (Lipinski definition) is 1. The Hall–Kier alpha value is -2.46. The molecule has 128 valence electrons. The minimum atomic E-state index is -0.637. The quantitative estimate of drug-likeness (QED) is 0.683. The van der Waals surface area contributed by atoms with Gasteiger partial charge in [0.05, 0.1) is 5.41 Å². The number of anilines is 1. The molecular formula is C21H22N2OS. The molecule has 0 atom stereocenters. The number of carbonyl (C=O) groups excluding carboxylic acids is 1. The van der Waals surface area contributed by atoms with Gasteiger partial charge in [-0.1, -0.05) is 74.5 Å². The van der Waals surface area contributed by atoms with Crippen molar-refractivity contribution >= 4 is 22.4 Å². The molecule has 3 nitrogen and oxygen atoms in total. The molecular weight excluding hydrogens is 328 g/mol. The van der Waals surface area contributed by atoms with Crippen molar-refractivity contribution in [2.45, 2.75) is 26.7 Å². The molecule has 0 radical (unpaired) electrons. The fourth-order valence-electron chi connectivity index (χ4n) is 3.12. The Labute approximate surface area is 152 Å². The van der Waals surface area contributed by atoms with Crippen LogP contribution in [0.2, 0.25) is 0 Å². The Bertz CT molecular complexity index is 801. The summed E-state index contributed by atoms with van der Waals surface area (Å²) in [5, 5.41) is 3.64. The second kappa shape index (κ2) is 7.19. The second-order valence-corrected chi connectivity index (χ2v) is 7.94. The average molecular weight is 350 g/mol. The smallest absolute Gasteiger partial charge is 0.232 e. The zero-order valence-electron chi connectivity index (χ0n) is 14.7. The van der Waals surface area contributed by atoms with Crippen LogP contribution in [-0.4, -0.2) is 10.9 Å². The highest BCUT2D eigenvalue weighted by Gasteiger charge is 2.39. The minimum Gasteiger partial charge on any atom is -0.301 e. The zero-order valence-corrected chi connectivity index (χ0v) is 15.5. The van der Waals surface area contributed by atoms with Crippen molar-refractivity contribution in [2.24, 2.45) is 5.41 Å². The molecule has 1 amide bonds. The highest BCUT2D eigenvalue weighted by atomic mass is 32.1. The maximum Gasteiger partial charge on any atom is 0.232 e. The summed E-state index contributed by atoms with van der Waals surface area (Å²) in [6.07, 6.45) is 1.78. The molecule has 4 heteroatoms. The summed E-state index contributed by atoms with van der Waals surface area (Å²) in [4.78, 5) is 18.4. The lowest BCUT2D eigenvalue weighted by atomic mass is 9.70. The number of aromatic nitrogens is 1. The number of benzene rings is 2. The molecule has 0 aliphatic carbocycles. The van der Waals surface area contributed by atoms with Crippen LogP contribution in [0, 0.1) is 12.3 Å². The second-order valence-electron chi connectivity index (χ2n) is 6.71. The largest absolute Gasteiger partial charge is 0.301 e. The Balaban J connectivity index is 1.97. The van der Waals surface area contributed by atoms with E-state index >= 15 is 0 Å². The summed E-state index contributed by atoms with van der Waals surface area (Å²) in [6, 6.07) is 20.4. The topological polar surface area (TPSA) is 42.0 Å². The maximum absolute atomic E-state index is 13.1. The van der Waals surface area contributed by atoms with E-state index in [1.807, 2.05) is 57.2 Å². The summed E-state index contributed by atoms with van der Waals surface area (Å²) in [5.74, 6) is -0.0736. The van der Waals surface area contributed by atoms with E-state index < -0.39 is 5.41 Å². The molecule has 0 fully saturated rings. The summed E-state index contributed by atoms with van der Waals surface area (Å²) in [6.45, 7) is 5.97. The van der Waals surface area contributed by atoms with Crippen LogP contribution >= 0.6 is 11.3 Å². The van der Waals surface area contributed by atoms with Gasteiger partial charge in [0.2, 0.25) is 5.91 Å². The number of thiazole rings is 1. The van der Waals surface area contributed by atoms with Crippen LogP contribution in [0.3, 0.4) is 0 Å². The van der Waals surface area contributed by atoms with Gasteiger partial charge in [-0.3, -0.25) is 4.79 Å². The maximum atomic E-state index is 13.1. The first-order chi connectivity index (χ1) is 12.0. The van der Waals surface area contributed by atoms with Crippen molar-refractivity contribution in [2.75, 3.05) is 5.32 Å². The molecule has 3 aromatic rings. The molecule has 0 bridgehead atoms. The van der Waals surface area contributed by atoms with Crippen LogP contribution in [0.1, 0.15) is 35.8 Å². The number of amides is 1. The molecule has 25 heavy (non-hydrogen) atoms.